The Morgan fingerprint density at radius 1 is 0.398 bits per heavy atom. The molecule has 27 nitrogen and oxygen atoms in total. The third-order valence-electron chi connectivity index (χ3n) is 19.9. The van der Waals surface area contributed by atoms with Crippen LogP contribution in [-0.2, 0) is 96.7 Å². The van der Waals surface area contributed by atoms with Gasteiger partial charge < -0.3 is 52.5 Å². The van der Waals surface area contributed by atoms with E-state index in [2.05, 4.69) is 221 Å². The summed E-state index contributed by atoms with van der Waals surface area (Å²) in [5, 5.41) is 12.1. The molecule has 11 aromatic heterocycles. The molecule has 14 heterocycles. The number of likely N-dealkylation sites (N-methyl/N-ethyl adjacent to an activating group) is 2. The molecule has 0 radical (unpaired) electrons. The number of benzene rings is 1. The predicted molar refractivity (Wildman–Crippen MR) is 448 cm³/mol. The molecular weight excluding hydrogens is 1420 g/mol. The highest BCUT2D eigenvalue weighted by Crippen LogP contribution is 2.29. The first-order valence-electron chi connectivity index (χ1n) is 39.4. The molecule has 27 heteroatoms. The Labute approximate surface area is 665 Å². The highest BCUT2D eigenvalue weighted by molar-refractivity contribution is 5.84. The number of pyridine rings is 1. The van der Waals surface area contributed by atoms with Crippen molar-refractivity contribution < 1.29 is 23.9 Å². The Bertz CT molecular complexity index is 5120. The highest BCUT2D eigenvalue weighted by Gasteiger charge is 2.27. The summed E-state index contributed by atoms with van der Waals surface area (Å²) in [5.41, 5.74) is 8.64. The molecule has 0 spiro atoms. The van der Waals surface area contributed by atoms with Crippen LogP contribution in [0.5, 0.6) is 0 Å². The third-order valence-corrected chi connectivity index (χ3v) is 19.9. The number of carbonyl (C=O) groups excluding carboxylic acids is 4. The summed E-state index contributed by atoms with van der Waals surface area (Å²) < 4.78 is 16.7. The number of imidazole rings is 1. The molecule has 113 heavy (non-hydrogen) atoms. The van der Waals surface area contributed by atoms with Gasteiger partial charge in [0.2, 0.25) is 23.6 Å². The molecule has 0 saturated carbocycles. The molecule has 604 valence electrons. The molecule has 1 aromatic carbocycles. The van der Waals surface area contributed by atoms with Gasteiger partial charge in [0.15, 0.2) is 5.65 Å². The number of hydrogen-bond acceptors (Lipinski definition) is 17. The molecule has 1 N–H and O–H groups in total. The summed E-state index contributed by atoms with van der Waals surface area (Å²) in [6.07, 6.45) is 22.3. The molecule has 4 amide bonds. The van der Waals surface area contributed by atoms with Gasteiger partial charge in [0, 0.05) is 189 Å². The van der Waals surface area contributed by atoms with E-state index in [4.69, 9.17) is 4.74 Å². The molecule has 12 aromatic rings. The number of aromatic nitrogens is 17. The van der Waals surface area contributed by atoms with Crippen LogP contribution >= 0.6 is 0 Å². The molecule has 0 unspecified atom stereocenters. The summed E-state index contributed by atoms with van der Waals surface area (Å²) in [6, 6.07) is 18.4. The number of rotatable bonds is 8. The second kappa shape index (κ2) is 35.3. The molecule has 3 fully saturated rings. The van der Waals surface area contributed by atoms with Crippen LogP contribution in [0.3, 0.4) is 0 Å². The summed E-state index contributed by atoms with van der Waals surface area (Å²) in [5.74, 6) is 3.60. The number of hydrogen-bond donors (Lipinski definition) is 1. The molecule has 15 rings (SSSR count). The van der Waals surface area contributed by atoms with Gasteiger partial charge in [-0.1, -0.05) is 137 Å². The Morgan fingerprint density at radius 3 is 1.19 bits per heavy atom. The van der Waals surface area contributed by atoms with Crippen molar-refractivity contribution in [2.24, 2.45) is 14.1 Å². The zero-order chi connectivity index (χ0) is 82.1. The minimum atomic E-state index is -0.114. The molecule has 3 aliphatic rings. The van der Waals surface area contributed by atoms with Crippen molar-refractivity contribution >= 4 is 89.8 Å². The van der Waals surface area contributed by atoms with Crippen molar-refractivity contribution in [3.63, 3.8) is 0 Å². The van der Waals surface area contributed by atoms with Crippen molar-refractivity contribution in [3.05, 3.63) is 151 Å². The molecule has 0 aliphatic carbocycles. The van der Waals surface area contributed by atoms with Gasteiger partial charge in [0.25, 0.3) is 0 Å². The van der Waals surface area contributed by atoms with Gasteiger partial charge in [-0.05, 0) is 79.8 Å². The maximum absolute atomic E-state index is 12.5. The van der Waals surface area contributed by atoms with E-state index in [1.165, 1.54) is 17.4 Å². The number of carbonyl (C=O) groups is 4. The van der Waals surface area contributed by atoms with Crippen LogP contribution in [0, 0.1) is 0 Å². The summed E-state index contributed by atoms with van der Waals surface area (Å²) in [6.45, 7) is 47.3. The maximum atomic E-state index is 12.5. The minimum Gasteiger partial charge on any atom is -0.378 e. The molecular formula is C86H120N22O5. The number of amides is 4. The largest absolute Gasteiger partial charge is 0.378 e. The number of ether oxygens (including phenoxy) is 1. The van der Waals surface area contributed by atoms with Crippen molar-refractivity contribution in [1.82, 2.24) is 107 Å². The monoisotopic (exact) mass is 1540 g/mol. The van der Waals surface area contributed by atoms with E-state index < -0.39 is 0 Å². The van der Waals surface area contributed by atoms with E-state index in [9.17, 15) is 19.2 Å². The van der Waals surface area contributed by atoms with E-state index in [1.54, 1.807) is 13.4 Å². The second-order valence-electron chi connectivity index (χ2n) is 35.9. The van der Waals surface area contributed by atoms with Crippen LogP contribution in [0.15, 0.2) is 117 Å². The van der Waals surface area contributed by atoms with Crippen LogP contribution in [0.4, 0.5) is 0 Å². The van der Waals surface area contributed by atoms with E-state index >= 15 is 0 Å². The van der Waals surface area contributed by atoms with Crippen LogP contribution in [0.1, 0.15) is 178 Å². The van der Waals surface area contributed by atoms with Crippen LogP contribution in [-0.4, -0.2) is 205 Å². The van der Waals surface area contributed by atoms with Crippen molar-refractivity contribution in [1.29, 1.82) is 0 Å². The van der Waals surface area contributed by atoms with Gasteiger partial charge in [-0.25, -0.2) is 49.8 Å². The van der Waals surface area contributed by atoms with Crippen LogP contribution in [0.25, 0.3) is 66.2 Å². The zero-order valence-electron chi connectivity index (χ0n) is 70.9. The normalized spacial score (nSPS) is 14.7. The molecule has 3 aliphatic heterocycles. The second-order valence-corrected chi connectivity index (χ2v) is 35.9. The Balaban J connectivity index is 0.000000145. The fraction of sp³-hybridized carbons (Fsp3) is 0.523. The number of piperidine rings is 1. The number of piperazine rings is 1. The van der Waals surface area contributed by atoms with Gasteiger partial charge in [-0.2, -0.15) is 5.10 Å². The van der Waals surface area contributed by atoms with E-state index in [0.29, 0.717) is 45.9 Å². The van der Waals surface area contributed by atoms with Gasteiger partial charge in [0.05, 0.1) is 25.1 Å². The topological polar surface area (TPSA) is 274 Å². The minimum absolute atomic E-state index is 0.0385. The summed E-state index contributed by atoms with van der Waals surface area (Å²) in [4.78, 5) is 102. The lowest BCUT2D eigenvalue weighted by molar-refractivity contribution is -0.136. The van der Waals surface area contributed by atoms with Gasteiger partial charge in [-0.3, -0.25) is 23.9 Å². The van der Waals surface area contributed by atoms with E-state index in [-0.39, 0.29) is 62.7 Å². The Kier molecular flexibility index (Phi) is 26.6. The lowest BCUT2D eigenvalue weighted by Gasteiger charge is -2.32. The third kappa shape index (κ3) is 22.3. The summed E-state index contributed by atoms with van der Waals surface area (Å²) >= 11 is 0. The van der Waals surface area contributed by atoms with Gasteiger partial charge in [-0.15, -0.1) is 0 Å². The lowest BCUT2D eigenvalue weighted by atomic mass is 9.87. The first-order chi connectivity index (χ1) is 53.1. The number of nitrogens with one attached hydrogen (secondary N) is 1. The average Bonchev–Trinajstić information content (AvgIpc) is 1.79. The smallest absolute Gasteiger partial charge is 0.242 e. The van der Waals surface area contributed by atoms with E-state index in [0.717, 1.165) is 142 Å². The maximum Gasteiger partial charge on any atom is 0.242 e. The average molecular weight is 1540 g/mol. The predicted octanol–water partition coefficient (Wildman–Crippen LogP) is 12.4. The molecule has 3 saturated heterocycles. The van der Waals surface area contributed by atoms with Gasteiger partial charge >= 0.3 is 0 Å². The lowest BCUT2D eigenvalue weighted by Crippen LogP contribution is -2.48. The Hall–Kier alpha value is -10.4. The number of fused-ring (bicyclic) bond motifs is 6. The van der Waals surface area contributed by atoms with Crippen molar-refractivity contribution in [2.45, 2.75) is 203 Å². The highest BCUT2D eigenvalue weighted by atomic mass is 16.5. The van der Waals surface area contributed by atoms with Gasteiger partial charge in [0.1, 0.15) is 77.6 Å². The fourth-order valence-electron chi connectivity index (χ4n) is 12.8. The first-order valence-corrected chi connectivity index (χ1v) is 39.4. The number of morpholine rings is 1. The van der Waals surface area contributed by atoms with Crippen molar-refractivity contribution in [3.8, 4) is 0 Å². The number of aryl methyl sites for hydroxylation is 2. The van der Waals surface area contributed by atoms with Crippen LogP contribution in [0.2, 0.25) is 0 Å². The zero-order valence-corrected chi connectivity index (χ0v) is 70.9. The van der Waals surface area contributed by atoms with E-state index in [1.807, 2.05) is 142 Å². The standard InChI is InChI=1S/C17H25N5O.C17H24N4O.C16H22N4O2.C13H18N4O.C12H16N2.C11H15N3/c1-17(2,3)16-18-11-13-5-6-22(15(13)19-16)12-14(23)21-9-7-20(4)8-10-21;1-17(2,3)16-18-11-13-7-10-21(15(13)19-16)12-14(22)20-8-5-4-6-9-20;1-16(2,3)15-17-10-12-4-5-20(14(12)18-15)11-13(21)19-6-8-22-9-7-19;1-13(2,3)12-15-7-9-5-6-17(11(9)16-12)8-10(18)14-4;1-12(2,3)10-6-5-9-8-14(4)13-11(9)7-10;1-11(2,3)9-6-5-8-10(13-9)14(4)7-12-8/h5-6,11H,7-10,12H2,1-4H3;7,10-11H,4-6,8-9,12H2,1-3H3;4-5,10H,6-9,11H2,1-3H3;5-7H,8H2,1-4H3,(H,14,18);5-8H,1-4H3;5-7H,1-4H3. The first kappa shape index (κ1) is 85.0. The SMILES string of the molecule is CC(C)(C)c1ncc2ccn(CC(=O)N3CCCCC3)c2n1.CC(C)(C)c1ncc2ccn(CC(=O)N3CCOCC3)c2n1.CN1CCN(C(=O)Cn2ccc3cnc(C(C)(C)C)nc32)CC1.CNC(=O)Cn1ccc2cnc(C(C)(C)C)nc21.Cn1cc2ccc(C(C)(C)C)cc2n1.Cn1cnc2ccc(C(C)(C)C)nc21. The number of nitrogens with zero attached hydrogens (tertiary/aromatic N) is 21. The van der Waals surface area contributed by atoms with Crippen LogP contribution < -0.4 is 5.32 Å². The fourth-order valence-corrected chi connectivity index (χ4v) is 12.8. The quantitative estimate of drug-likeness (QED) is 0.148. The van der Waals surface area contributed by atoms with Crippen molar-refractivity contribution in [2.75, 3.05) is 79.7 Å². The summed E-state index contributed by atoms with van der Waals surface area (Å²) in [7, 11) is 7.64. The number of likely N-dealkylation sites (tertiary alicyclic amines) is 1. The molecule has 0 atom stereocenters. The Morgan fingerprint density at radius 2 is 0.796 bits per heavy atom. The molecule has 0 bridgehead atoms.